The van der Waals surface area contributed by atoms with Crippen LogP contribution in [0.15, 0.2) is 47.9 Å². The van der Waals surface area contributed by atoms with Gasteiger partial charge in [-0.3, -0.25) is 0 Å². The van der Waals surface area contributed by atoms with Crippen LogP contribution in [-0.2, 0) is 0 Å². The van der Waals surface area contributed by atoms with E-state index in [0.29, 0.717) is 6.42 Å². The van der Waals surface area contributed by atoms with Gasteiger partial charge in [0.25, 0.3) is 0 Å². The summed E-state index contributed by atoms with van der Waals surface area (Å²) >= 11 is 0. The van der Waals surface area contributed by atoms with Crippen molar-refractivity contribution in [1.82, 2.24) is 0 Å². The number of unbranched alkanes of at least 4 members (excludes halogenated alkanes) is 7. The Morgan fingerprint density at radius 1 is 0.963 bits per heavy atom. The third-order valence-corrected chi connectivity index (χ3v) is 6.28. The van der Waals surface area contributed by atoms with Gasteiger partial charge in [-0.2, -0.15) is 0 Å². The molecule has 0 aromatic carbocycles. The molecule has 0 amide bonds. The Bertz CT molecular complexity index is 555. The summed E-state index contributed by atoms with van der Waals surface area (Å²) in [5.74, 6) is -0.346. The standard InChI is InChI=1S/C25H38F2/c1-3-5-6-7-8-9-10-11-20-25(23(26)14-12-15-24(25)27)22-18-16-21(13-4-2)17-19-22/h12,14-18,22-23H,3-11,13,19-20H2,1-2H3. The average Bonchev–Trinajstić information content (AvgIpc) is 2.67. The van der Waals surface area contributed by atoms with Crippen molar-refractivity contribution in [3.63, 3.8) is 0 Å². The van der Waals surface area contributed by atoms with Crippen molar-refractivity contribution in [2.45, 2.75) is 97.1 Å². The number of hydrogen-bond acceptors (Lipinski definition) is 0. The fourth-order valence-corrected chi connectivity index (χ4v) is 4.59. The monoisotopic (exact) mass is 376 g/mol. The highest BCUT2D eigenvalue weighted by Gasteiger charge is 2.48. The van der Waals surface area contributed by atoms with Gasteiger partial charge in [0.15, 0.2) is 0 Å². The Balaban J connectivity index is 1.94. The molecule has 0 saturated heterocycles. The van der Waals surface area contributed by atoms with Crippen LogP contribution in [0.25, 0.3) is 0 Å². The van der Waals surface area contributed by atoms with Gasteiger partial charge in [0.05, 0.1) is 5.41 Å². The van der Waals surface area contributed by atoms with Crippen LogP contribution in [0, 0.1) is 11.3 Å². The maximum absolute atomic E-state index is 15.1. The molecular formula is C25H38F2. The van der Waals surface area contributed by atoms with E-state index in [1.807, 2.05) is 0 Å². The first kappa shape index (κ1) is 22.1. The van der Waals surface area contributed by atoms with Crippen molar-refractivity contribution in [3.05, 3.63) is 47.9 Å². The van der Waals surface area contributed by atoms with Crippen LogP contribution in [0.4, 0.5) is 8.78 Å². The molecule has 0 nitrogen and oxygen atoms in total. The van der Waals surface area contributed by atoms with Crippen LogP contribution >= 0.6 is 0 Å². The molecule has 3 unspecified atom stereocenters. The summed E-state index contributed by atoms with van der Waals surface area (Å²) < 4.78 is 30.1. The summed E-state index contributed by atoms with van der Waals surface area (Å²) in [5, 5.41) is 0. The number of alkyl halides is 1. The minimum absolute atomic E-state index is 0.0844. The van der Waals surface area contributed by atoms with Crippen LogP contribution in [0.3, 0.4) is 0 Å². The molecule has 0 bridgehead atoms. The summed E-state index contributed by atoms with van der Waals surface area (Å²) in [6.45, 7) is 4.39. The first-order valence-electron chi connectivity index (χ1n) is 11.2. The van der Waals surface area contributed by atoms with E-state index >= 15 is 8.78 Å². The molecule has 0 heterocycles. The normalized spacial score (nSPS) is 27.6. The maximum Gasteiger partial charge on any atom is 0.131 e. The molecule has 0 fully saturated rings. The smallest absolute Gasteiger partial charge is 0.131 e. The van der Waals surface area contributed by atoms with Gasteiger partial charge >= 0.3 is 0 Å². The lowest BCUT2D eigenvalue weighted by Crippen LogP contribution is -2.40. The van der Waals surface area contributed by atoms with E-state index in [0.717, 1.165) is 32.1 Å². The number of halogens is 2. The van der Waals surface area contributed by atoms with Crippen LogP contribution in [0.1, 0.15) is 90.9 Å². The maximum atomic E-state index is 15.1. The molecule has 0 N–H and O–H groups in total. The molecular weight excluding hydrogens is 338 g/mol. The first-order chi connectivity index (χ1) is 13.1. The molecule has 0 aromatic rings. The van der Waals surface area contributed by atoms with E-state index in [4.69, 9.17) is 0 Å². The van der Waals surface area contributed by atoms with Crippen LogP contribution < -0.4 is 0 Å². The highest BCUT2D eigenvalue weighted by atomic mass is 19.1. The second-order valence-electron chi connectivity index (χ2n) is 8.30. The Morgan fingerprint density at radius 3 is 2.26 bits per heavy atom. The van der Waals surface area contributed by atoms with Gasteiger partial charge < -0.3 is 0 Å². The molecule has 0 spiro atoms. The van der Waals surface area contributed by atoms with E-state index < -0.39 is 11.6 Å². The molecule has 2 rings (SSSR count). The van der Waals surface area contributed by atoms with Crippen LogP contribution in [0.5, 0.6) is 0 Å². The molecule has 2 aliphatic carbocycles. The van der Waals surface area contributed by atoms with Gasteiger partial charge in [0.1, 0.15) is 12.0 Å². The molecule has 3 atom stereocenters. The zero-order valence-electron chi connectivity index (χ0n) is 17.4. The predicted octanol–water partition coefficient (Wildman–Crippen LogP) is 8.57. The summed E-state index contributed by atoms with van der Waals surface area (Å²) in [7, 11) is 0. The molecule has 27 heavy (non-hydrogen) atoms. The number of rotatable bonds is 12. The van der Waals surface area contributed by atoms with Gasteiger partial charge in [0.2, 0.25) is 0 Å². The lowest BCUT2D eigenvalue weighted by Gasteiger charge is -2.42. The van der Waals surface area contributed by atoms with E-state index in [9.17, 15) is 0 Å². The topological polar surface area (TPSA) is 0 Å². The summed E-state index contributed by atoms with van der Waals surface area (Å²) in [5.41, 5.74) is 0.309. The Labute approximate surface area is 165 Å². The molecule has 152 valence electrons. The Kier molecular flexibility index (Phi) is 9.51. The van der Waals surface area contributed by atoms with Gasteiger partial charge in [-0.15, -0.1) is 0 Å². The van der Waals surface area contributed by atoms with E-state index in [1.54, 1.807) is 6.08 Å². The second kappa shape index (κ2) is 11.6. The van der Waals surface area contributed by atoms with Crippen LogP contribution in [0.2, 0.25) is 0 Å². The Morgan fingerprint density at radius 2 is 1.67 bits per heavy atom. The third kappa shape index (κ3) is 5.90. The summed E-state index contributed by atoms with van der Waals surface area (Å²) in [4.78, 5) is 0. The lowest BCUT2D eigenvalue weighted by atomic mass is 9.63. The third-order valence-electron chi connectivity index (χ3n) is 6.28. The molecule has 2 heteroatoms. The van der Waals surface area contributed by atoms with Crippen molar-refractivity contribution in [2.75, 3.05) is 0 Å². The van der Waals surface area contributed by atoms with Crippen molar-refractivity contribution in [3.8, 4) is 0 Å². The molecule has 0 aliphatic heterocycles. The zero-order chi connectivity index (χ0) is 19.5. The van der Waals surface area contributed by atoms with E-state index in [2.05, 4.69) is 32.1 Å². The predicted molar refractivity (Wildman–Crippen MR) is 113 cm³/mol. The van der Waals surface area contributed by atoms with Crippen molar-refractivity contribution in [2.24, 2.45) is 11.3 Å². The second-order valence-corrected chi connectivity index (χ2v) is 8.30. The lowest BCUT2D eigenvalue weighted by molar-refractivity contribution is 0.0860. The van der Waals surface area contributed by atoms with Crippen molar-refractivity contribution < 1.29 is 8.78 Å². The van der Waals surface area contributed by atoms with E-state index in [-0.39, 0.29) is 11.7 Å². The minimum Gasteiger partial charge on any atom is -0.242 e. The number of allylic oxidation sites excluding steroid dienone is 8. The zero-order valence-corrected chi connectivity index (χ0v) is 17.4. The van der Waals surface area contributed by atoms with Crippen LogP contribution in [-0.4, -0.2) is 6.17 Å². The number of hydrogen-bond donors (Lipinski definition) is 0. The molecule has 0 aromatic heterocycles. The first-order valence-corrected chi connectivity index (χ1v) is 11.2. The molecule has 0 saturated carbocycles. The van der Waals surface area contributed by atoms with Gasteiger partial charge in [-0.25, -0.2) is 8.78 Å². The SMILES string of the molecule is CCCCCCCCCCC1(C2C=CC(CCC)=CC2)C(F)=CC=CC1F. The van der Waals surface area contributed by atoms with Gasteiger partial charge in [-0.05, 0) is 37.3 Å². The minimum atomic E-state index is -1.23. The summed E-state index contributed by atoms with van der Waals surface area (Å²) in [6.07, 6.45) is 22.8. The fraction of sp³-hybridized carbons (Fsp3) is 0.680. The highest BCUT2D eigenvalue weighted by molar-refractivity contribution is 5.33. The molecule has 2 aliphatic rings. The average molecular weight is 377 g/mol. The summed E-state index contributed by atoms with van der Waals surface area (Å²) in [6, 6.07) is 0. The fourth-order valence-electron chi connectivity index (χ4n) is 4.59. The largest absolute Gasteiger partial charge is 0.242 e. The van der Waals surface area contributed by atoms with Gasteiger partial charge in [-0.1, -0.05) is 102 Å². The van der Waals surface area contributed by atoms with Crippen molar-refractivity contribution >= 4 is 0 Å². The quantitative estimate of drug-likeness (QED) is 0.299. The van der Waals surface area contributed by atoms with Gasteiger partial charge in [0, 0.05) is 0 Å². The highest BCUT2D eigenvalue weighted by Crippen LogP contribution is 2.51. The van der Waals surface area contributed by atoms with Crippen molar-refractivity contribution in [1.29, 1.82) is 0 Å². The van der Waals surface area contributed by atoms with E-state index in [1.165, 1.54) is 56.3 Å². The molecule has 0 radical (unpaired) electrons. The Hall–Kier alpha value is -1.18.